The molecular weight excluding hydrogens is 273 g/mol. The van der Waals surface area contributed by atoms with Crippen molar-refractivity contribution >= 4 is 34.8 Å². The standard InChI is InChI=1S/C10H4Cl3FN2/c11-5-1-2-7(12)6(3-5)9-8(14)4-15-10(13)16-9/h1-4H. The summed E-state index contributed by atoms with van der Waals surface area (Å²) in [6, 6.07) is 4.69. The van der Waals surface area contributed by atoms with Crippen LogP contribution in [0.3, 0.4) is 0 Å². The van der Waals surface area contributed by atoms with E-state index in [0.29, 0.717) is 15.6 Å². The maximum atomic E-state index is 13.5. The number of aromatic nitrogens is 2. The highest BCUT2D eigenvalue weighted by molar-refractivity contribution is 6.35. The first kappa shape index (κ1) is 11.6. The molecule has 2 rings (SSSR count). The number of rotatable bonds is 1. The molecule has 82 valence electrons. The Balaban J connectivity index is 2.66. The maximum absolute atomic E-state index is 13.5. The highest BCUT2D eigenvalue weighted by Crippen LogP contribution is 2.31. The lowest BCUT2D eigenvalue weighted by Crippen LogP contribution is -1.93. The first-order chi connectivity index (χ1) is 7.58. The van der Waals surface area contributed by atoms with Crippen LogP contribution >= 0.6 is 34.8 Å². The van der Waals surface area contributed by atoms with Crippen LogP contribution in [0.5, 0.6) is 0 Å². The van der Waals surface area contributed by atoms with E-state index in [9.17, 15) is 4.39 Å². The van der Waals surface area contributed by atoms with Gasteiger partial charge in [0.05, 0.1) is 11.2 Å². The van der Waals surface area contributed by atoms with E-state index in [2.05, 4.69) is 9.97 Å². The average Bonchev–Trinajstić information content (AvgIpc) is 2.25. The Bertz CT molecular complexity index is 496. The molecule has 0 saturated heterocycles. The Morgan fingerprint density at radius 1 is 1.12 bits per heavy atom. The van der Waals surface area contributed by atoms with Crippen molar-refractivity contribution in [2.45, 2.75) is 0 Å². The number of halogens is 4. The predicted octanol–water partition coefficient (Wildman–Crippen LogP) is 4.24. The number of hydrogen-bond acceptors (Lipinski definition) is 2. The van der Waals surface area contributed by atoms with Crippen LogP contribution in [-0.4, -0.2) is 9.97 Å². The van der Waals surface area contributed by atoms with E-state index in [4.69, 9.17) is 34.8 Å². The molecule has 0 amide bonds. The van der Waals surface area contributed by atoms with Gasteiger partial charge >= 0.3 is 0 Å². The second-order valence-electron chi connectivity index (χ2n) is 2.96. The lowest BCUT2D eigenvalue weighted by Gasteiger charge is -2.05. The SMILES string of the molecule is Fc1cnc(Cl)nc1-c1cc(Cl)ccc1Cl. The zero-order chi connectivity index (χ0) is 11.7. The fraction of sp³-hybridized carbons (Fsp3) is 0. The fourth-order valence-electron chi connectivity index (χ4n) is 1.21. The molecule has 0 radical (unpaired) electrons. The lowest BCUT2D eigenvalue weighted by atomic mass is 10.1. The second-order valence-corrected chi connectivity index (χ2v) is 4.14. The van der Waals surface area contributed by atoms with Gasteiger partial charge in [0.25, 0.3) is 0 Å². The van der Waals surface area contributed by atoms with Crippen LogP contribution in [0.15, 0.2) is 24.4 Å². The van der Waals surface area contributed by atoms with Crippen molar-refractivity contribution in [3.8, 4) is 11.3 Å². The third kappa shape index (κ3) is 2.26. The predicted molar refractivity (Wildman–Crippen MR) is 62.5 cm³/mol. The molecule has 1 aromatic carbocycles. The van der Waals surface area contributed by atoms with E-state index in [1.165, 1.54) is 6.07 Å². The average molecular weight is 278 g/mol. The lowest BCUT2D eigenvalue weighted by molar-refractivity contribution is 0.618. The summed E-state index contributed by atoms with van der Waals surface area (Å²) in [6.45, 7) is 0. The van der Waals surface area contributed by atoms with Crippen molar-refractivity contribution in [2.24, 2.45) is 0 Å². The summed E-state index contributed by atoms with van der Waals surface area (Å²) in [5, 5.41) is 0.735. The largest absolute Gasteiger partial charge is 0.223 e. The third-order valence-electron chi connectivity index (χ3n) is 1.90. The summed E-state index contributed by atoms with van der Waals surface area (Å²) < 4.78 is 13.5. The highest BCUT2D eigenvalue weighted by Gasteiger charge is 2.12. The highest BCUT2D eigenvalue weighted by atomic mass is 35.5. The minimum atomic E-state index is -0.603. The van der Waals surface area contributed by atoms with Crippen molar-refractivity contribution in [1.82, 2.24) is 9.97 Å². The Morgan fingerprint density at radius 2 is 1.88 bits per heavy atom. The minimum Gasteiger partial charge on any atom is -0.223 e. The Kier molecular flexibility index (Phi) is 3.28. The monoisotopic (exact) mass is 276 g/mol. The van der Waals surface area contributed by atoms with Crippen molar-refractivity contribution < 1.29 is 4.39 Å². The van der Waals surface area contributed by atoms with Crippen LogP contribution in [-0.2, 0) is 0 Å². The molecule has 2 aromatic rings. The Labute approximate surface area is 106 Å². The first-order valence-electron chi connectivity index (χ1n) is 4.21. The Hall–Kier alpha value is -0.900. The van der Waals surface area contributed by atoms with Gasteiger partial charge in [0, 0.05) is 10.6 Å². The molecule has 2 nitrogen and oxygen atoms in total. The summed E-state index contributed by atoms with van der Waals surface area (Å²) in [5.74, 6) is -0.603. The van der Waals surface area contributed by atoms with Crippen LogP contribution in [0, 0.1) is 5.82 Å². The van der Waals surface area contributed by atoms with Crippen LogP contribution < -0.4 is 0 Å². The van der Waals surface area contributed by atoms with E-state index in [0.717, 1.165) is 6.20 Å². The Morgan fingerprint density at radius 3 is 2.62 bits per heavy atom. The van der Waals surface area contributed by atoms with E-state index in [1.807, 2.05) is 0 Å². The van der Waals surface area contributed by atoms with Crippen LogP contribution in [0.4, 0.5) is 4.39 Å². The summed E-state index contributed by atoms with van der Waals surface area (Å²) in [4.78, 5) is 7.30. The van der Waals surface area contributed by atoms with E-state index in [-0.39, 0.29) is 11.0 Å². The summed E-state index contributed by atoms with van der Waals surface area (Å²) in [5.41, 5.74) is 0.420. The van der Waals surface area contributed by atoms with Gasteiger partial charge in [-0.15, -0.1) is 0 Å². The summed E-state index contributed by atoms with van der Waals surface area (Å²) >= 11 is 17.3. The fourth-order valence-corrected chi connectivity index (χ4v) is 1.73. The molecular formula is C10H4Cl3FN2. The van der Waals surface area contributed by atoms with E-state index >= 15 is 0 Å². The molecule has 0 aliphatic rings. The molecule has 0 saturated carbocycles. The molecule has 1 heterocycles. The summed E-state index contributed by atoms with van der Waals surface area (Å²) in [6.07, 6.45) is 0.988. The van der Waals surface area contributed by atoms with Gasteiger partial charge in [-0.05, 0) is 29.8 Å². The molecule has 1 aromatic heterocycles. The van der Waals surface area contributed by atoms with Crippen molar-refractivity contribution in [3.05, 3.63) is 45.5 Å². The van der Waals surface area contributed by atoms with Gasteiger partial charge < -0.3 is 0 Å². The van der Waals surface area contributed by atoms with E-state index in [1.54, 1.807) is 12.1 Å². The number of hydrogen-bond donors (Lipinski definition) is 0. The van der Waals surface area contributed by atoms with Gasteiger partial charge in [-0.25, -0.2) is 14.4 Å². The molecule has 0 aliphatic carbocycles. The zero-order valence-corrected chi connectivity index (χ0v) is 9.98. The first-order valence-corrected chi connectivity index (χ1v) is 5.35. The zero-order valence-electron chi connectivity index (χ0n) is 7.72. The third-order valence-corrected chi connectivity index (χ3v) is 2.65. The molecule has 0 spiro atoms. The molecule has 0 N–H and O–H groups in total. The molecule has 6 heteroatoms. The minimum absolute atomic E-state index is 0.0347. The van der Waals surface area contributed by atoms with Crippen LogP contribution in [0.1, 0.15) is 0 Å². The topological polar surface area (TPSA) is 25.8 Å². The van der Waals surface area contributed by atoms with Crippen LogP contribution in [0.2, 0.25) is 15.3 Å². The molecule has 0 aliphatic heterocycles. The quantitative estimate of drug-likeness (QED) is 0.729. The molecule has 0 fully saturated rings. The summed E-state index contributed by atoms with van der Waals surface area (Å²) in [7, 11) is 0. The van der Waals surface area contributed by atoms with Crippen LogP contribution in [0.25, 0.3) is 11.3 Å². The van der Waals surface area contributed by atoms with Crippen molar-refractivity contribution in [3.63, 3.8) is 0 Å². The van der Waals surface area contributed by atoms with Gasteiger partial charge in [0.1, 0.15) is 5.69 Å². The maximum Gasteiger partial charge on any atom is 0.223 e. The smallest absolute Gasteiger partial charge is 0.223 e. The van der Waals surface area contributed by atoms with Gasteiger partial charge in [-0.2, -0.15) is 0 Å². The number of nitrogens with zero attached hydrogens (tertiary/aromatic N) is 2. The van der Waals surface area contributed by atoms with Crippen molar-refractivity contribution in [2.75, 3.05) is 0 Å². The van der Waals surface area contributed by atoms with E-state index < -0.39 is 5.82 Å². The molecule has 0 unspecified atom stereocenters. The second kappa shape index (κ2) is 4.53. The molecule has 16 heavy (non-hydrogen) atoms. The van der Waals surface area contributed by atoms with Gasteiger partial charge in [-0.1, -0.05) is 23.2 Å². The van der Waals surface area contributed by atoms with Gasteiger partial charge in [0.15, 0.2) is 5.82 Å². The normalized spacial score (nSPS) is 10.5. The van der Waals surface area contributed by atoms with Gasteiger partial charge in [0.2, 0.25) is 5.28 Å². The molecule has 0 atom stereocenters. The number of benzene rings is 1. The van der Waals surface area contributed by atoms with Crippen molar-refractivity contribution in [1.29, 1.82) is 0 Å². The molecule has 0 bridgehead atoms. The van der Waals surface area contributed by atoms with Gasteiger partial charge in [-0.3, -0.25) is 0 Å².